The Morgan fingerprint density at radius 2 is 1.76 bits per heavy atom. The lowest BCUT2D eigenvalue weighted by atomic mass is 10.0. The van der Waals surface area contributed by atoms with E-state index < -0.39 is 11.2 Å². The minimum absolute atomic E-state index is 0.00882. The Kier molecular flexibility index (Phi) is 7.12. The highest BCUT2D eigenvalue weighted by Gasteiger charge is 2.24. The number of nitro benzene ring substituents is 1. The van der Waals surface area contributed by atoms with Gasteiger partial charge in [0.1, 0.15) is 6.23 Å². The molecule has 1 atom stereocenters. The largest absolute Gasteiger partial charge is 0.493 e. The summed E-state index contributed by atoms with van der Waals surface area (Å²) in [6.45, 7) is 0.132. The van der Waals surface area contributed by atoms with E-state index in [1.54, 1.807) is 28.8 Å². The minimum Gasteiger partial charge on any atom is -0.493 e. The molecular formula is C27H24N2O8S. The first-order valence-electron chi connectivity index (χ1n) is 11.6. The Labute approximate surface area is 221 Å². The van der Waals surface area contributed by atoms with Gasteiger partial charge in [0.25, 0.3) is 11.2 Å². The Morgan fingerprint density at radius 3 is 2.45 bits per heavy atom. The third kappa shape index (κ3) is 4.61. The van der Waals surface area contributed by atoms with Crippen LogP contribution in [0.3, 0.4) is 0 Å². The Balaban J connectivity index is 1.64. The number of ether oxygens (including phenoxy) is 5. The lowest BCUT2D eigenvalue weighted by molar-refractivity contribution is -0.384. The van der Waals surface area contributed by atoms with Crippen molar-refractivity contribution in [2.45, 2.75) is 11.1 Å². The molecule has 0 spiro atoms. The average Bonchev–Trinajstić information content (AvgIpc) is 3.41. The first-order valence-corrected chi connectivity index (χ1v) is 12.5. The summed E-state index contributed by atoms with van der Waals surface area (Å²) >= 11 is 1.42. The zero-order chi connectivity index (χ0) is 26.8. The predicted octanol–water partition coefficient (Wildman–Crippen LogP) is 5.26. The average molecular weight is 537 g/mol. The van der Waals surface area contributed by atoms with Crippen molar-refractivity contribution in [3.8, 4) is 34.3 Å². The Bertz CT molecular complexity index is 1570. The molecule has 0 bridgehead atoms. The topological polar surface area (TPSA) is 111 Å². The van der Waals surface area contributed by atoms with E-state index in [4.69, 9.17) is 23.7 Å². The monoisotopic (exact) mass is 536 g/mol. The van der Waals surface area contributed by atoms with Crippen LogP contribution in [0.4, 0.5) is 5.69 Å². The van der Waals surface area contributed by atoms with Gasteiger partial charge in [-0.25, -0.2) is 0 Å². The maximum absolute atomic E-state index is 14.1. The van der Waals surface area contributed by atoms with Gasteiger partial charge >= 0.3 is 0 Å². The second-order valence-corrected chi connectivity index (χ2v) is 9.38. The van der Waals surface area contributed by atoms with Crippen molar-refractivity contribution in [1.82, 2.24) is 4.57 Å². The Morgan fingerprint density at radius 1 is 1.00 bits per heavy atom. The van der Waals surface area contributed by atoms with Gasteiger partial charge in [-0.15, -0.1) is 11.8 Å². The van der Waals surface area contributed by atoms with E-state index in [0.717, 1.165) is 10.5 Å². The maximum atomic E-state index is 14.1. The number of thioether (sulfide) groups is 1. The molecule has 3 aromatic carbocycles. The number of nitrogens with zero attached hydrogens (tertiary/aromatic N) is 2. The fourth-order valence-corrected chi connectivity index (χ4v) is 5.32. The van der Waals surface area contributed by atoms with Crippen LogP contribution in [0.1, 0.15) is 6.23 Å². The van der Waals surface area contributed by atoms with Gasteiger partial charge in [0.2, 0.25) is 6.79 Å². The van der Waals surface area contributed by atoms with Crippen LogP contribution in [-0.4, -0.2) is 43.4 Å². The highest BCUT2D eigenvalue weighted by atomic mass is 32.2. The number of methoxy groups -OCH3 is 3. The fourth-order valence-electron chi connectivity index (χ4n) is 4.37. The van der Waals surface area contributed by atoms with Gasteiger partial charge in [-0.3, -0.25) is 19.5 Å². The van der Waals surface area contributed by atoms with Crippen molar-refractivity contribution in [3.05, 3.63) is 81.1 Å². The lowest BCUT2D eigenvalue weighted by Gasteiger charge is -2.24. The van der Waals surface area contributed by atoms with Crippen molar-refractivity contribution >= 4 is 28.2 Å². The number of non-ortho nitro benzene ring substituents is 1. The van der Waals surface area contributed by atoms with Crippen molar-refractivity contribution in [2.24, 2.45) is 0 Å². The summed E-state index contributed by atoms with van der Waals surface area (Å²) in [7, 11) is 4.54. The van der Waals surface area contributed by atoms with Crippen LogP contribution in [-0.2, 0) is 4.74 Å². The van der Waals surface area contributed by atoms with Crippen LogP contribution >= 0.6 is 11.8 Å². The molecule has 0 saturated heterocycles. The van der Waals surface area contributed by atoms with Crippen LogP contribution in [0.25, 0.3) is 22.0 Å². The number of rotatable bonds is 9. The van der Waals surface area contributed by atoms with Crippen molar-refractivity contribution in [2.75, 3.05) is 33.9 Å². The zero-order valence-corrected chi connectivity index (χ0v) is 21.7. The first-order chi connectivity index (χ1) is 18.4. The molecular weight excluding hydrogens is 512 g/mol. The molecule has 2 heterocycles. The normalized spacial score (nSPS) is 12.9. The van der Waals surface area contributed by atoms with E-state index in [9.17, 15) is 14.9 Å². The molecule has 38 heavy (non-hydrogen) atoms. The van der Waals surface area contributed by atoms with Crippen LogP contribution in [0, 0.1) is 10.1 Å². The molecule has 1 aromatic heterocycles. The van der Waals surface area contributed by atoms with E-state index in [0.29, 0.717) is 45.2 Å². The Hall–Kier alpha value is -4.22. The second-order valence-electron chi connectivity index (χ2n) is 8.29. The summed E-state index contributed by atoms with van der Waals surface area (Å²) in [6.07, 6.45) is -0.691. The SMILES string of the molecule is COc1ccc2cc(-c3ccc4c(c3)OCO4)n([C@H](CSc3ccc([N+](=O)[O-])cc3)OC)c(=O)c2c1OC. The smallest absolute Gasteiger partial charge is 0.269 e. The van der Waals surface area contributed by atoms with E-state index in [1.807, 2.05) is 24.3 Å². The molecule has 0 aliphatic carbocycles. The molecule has 1 aliphatic heterocycles. The summed E-state index contributed by atoms with van der Waals surface area (Å²) in [5, 5.41) is 12.0. The van der Waals surface area contributed by atoms with Gasteiger partial charge in [-0.1, -0.05) is 6.07 Å². The van der Waals surface area contributed by atoms with Crippen molar-refractivity contribution in [3.63, 3.8) is 0 Å². The summed E-state index contributed by atoms with van der Waals surface area (Å²) in [5.74, 6) is 2.34. The van der Waals surface area contributed by atoms with Gasteiger partial charge in [0.15, 0.2) is 23.0 Å². The molecule has 4 aromatic rings. The summed E-state index contributed by atoms with van der Waals surface area (Å²) in [6, 6.07) is 17.2. The summed E-state index contributed by atoms with van der Waals surface area (Å²) in [4.78, 5) is 25.5. The van der Waals surface area contributed by atoms with E-state index in [2.05, 4.69) is 0 Å². The summed E-state index contributed by atoms with van der Waals surface area (Å²) < 4.78 is 29.5. The van der Waals surface area contributed by atoms with E-state index in [-0.39, 0.29) is 18.0 Å². The van der Waals surface area contributed by atoms with Gasteiger partial charge in [-0.05, 0) is 47.9 Å². The molecule has 0 saturated carbocycles. The van der Waals surface area contributed by atoms with Crippen LogP contribution in [0.5, 0.6) is 23.0 Å². The van der Waals surface area contributed by atoms with Gasteiger partial charge in [-0.2, -0.15) is 0 Å². The summed E-state index contributed by atoms with van der Waals surface area (Å²) in [5.41, 5.74) is 1.05. The molecule has 196 valence electrons. The highest BCUT2D eigenvalue weighted by molar-refractivity contribution is 7.99. The molecule has 0 radical (unpaired) electrons. The third-order valence-corrected chi connectivity index (χ3v) is 7.29. The first kappa shape index (κ1) is 25.4. The number of hydrogen-bond donors (Lipinski definition) is 0. The maximum Gasteiger partial charge on any atom is 0.269 e. The van der Waals surface area contributed by atoms with E-state index in [1.165, 1.54) is 45.2 Å². The minimum atomic E-state index is -0.691. The standard InChI is InChI=1S/C27H24N2O8S/c1-33-22-11-5-17-12-20(16-4-10-21-23(13-16)37-15-36-21)28(27(30)25(17)26(22)35-3)24(34-2)14-38-19-8-6-18(7-9-19)29(31)32/h4-13,24H,14-15H2,1-3H3/t24-/m0/s1. The molecule has 0 unspecified atom stereocenters. The fraction of sp³-hybridized carbons (Fsp3) is 0.222. The number of hydrogen-bond acceptors (Lipinski definition) is 9. The van der Waals surface area contributed by atoms with Crippen LogP contribution in [0.2, 0.25) is 0 Å². The quantitative estimate of drug-likeness (QED) is 0.161. The molecule has 0 fully saturated rings. The molecule has 0 N–H and O–H groups in total. The second kappa shape index (κ2) is 10.6. The van der Waals surface area contributed by atoms with Gasteiger partial charge < -0.3 is 23.7 Å². The molecule has 5 rings (SSSR count). The number of aromatic nitrogens is 1. The number of nitro groups is 1. The van der Waals surface area contributed by atoms with Crippen molar-refractivity contribution < 1.29 is 28.6 Å². The predicted molar refractivity (Wildman–Crippen MR) is 143 cm³/mol. The number of pyridine rings is 1. The van der Waals surface area contributed by atoms with Crippen LogP contribution in [0.15, 0.2) is 70.4 Å². The van der Waals surface area contributed by atoms with E-state index >= 15 is 0 Å². The lowest BCUT2D eigenvalue weighted by Crippen LogP contribution is -2.29. The van der Waals surface area contributed by atoms with Crippen LogP contribution < -0.4 is 24.5 Å². The van der Waals surface area contributed by atoms with Crippen molar-refractivity contribution in [1.29, 1.82) is 0 Å². The zero-order valence-electron chi connectivity index (χ0n) is 20.8. The molecule has 1 aliphatic rings. The molecule has 10 nitrogen and oxygen atoms in total. The van der Waals surface area contributed by atoms with Gasteiger partial charge in [0, 0.05) is 35.5 Å². The highest BCUT2D eigenvalue weighted by Crippen LogP contribution is 2.39. The molecule has 0 amide bonds. The number of benzene rings is 3. The third-order valence-electron chi connectivity index (χ3n) is 6.23. The van der Waals surface area contributed by atoms with Gasteiger partial charge in [0.05, 0.1) is 30.2 Å². The number of fused-ring (bicyclic) bond motifs is 2. The molecule has 11 heteroatoms.